The average Bonchev–Trinajstić information content (AvgIpc) is 2.54. The van der Waals surface area contributed by atoms with Crippen LogP contribution in [-0.4, -0.2) is 0 Å². The standard InChI is InChI=1S/C17H20N2O3S/c1-12(2)17(23-22-21-19-20)14-6-10-16(11-7-14)18-15-8-4-13(3)5-9-15/h4-12,17-18H,1-3H3. The number of hydrogen-bond acceptors (Lipinski definition) is 6. The van der Waals surface area contributed by atoms with Gasteiger partial charge in [-0.2, -0.15) is 4.99 Å². The Morgan fingerprint density at radius 2 is 1.57 bits per heavy atom. The predicted octanol–water partition coefficient (Wildman–Crippen LogP) is 5.71. The van der Waals surface area contributed by atoms with Crippen LogP contribution in [0.4, 0.5) is 11.4 Å². The predicted molar refractivity (Wildman–Crippen MR) is 94.0 cm³/mol. The van der Waals surface area contributed by atoms with Crippen LogP contribution in [0.1, 0.15) is 30.2 Å². The Morgan fingerprint density at radius 3 is 2.09 bits per heavy atom. The zero-order valence-electron chi connectivity index (χ0n) is 13.4. The molecule has 122 valence electrons. The van der Waals surface area contributed by atoms with E-state index in [0.717, 1.165) is 29.0 Å². The maximum Gasteiger partial charge on any atom is 0.191 e. The van der Waals surface area contributed by atoms with E-state index in [4.69, 9.17) is 4.33 Å². The van der Waals surface area contributed by atoms with Gasteiger partial charge in [-0.05, 0) is 42.7 Å². The summed E-state index contributed by atoms with van der Waals surface area (Å²) in [5, 5.41) is 5.63. The first-order chi connectivity index (χ1) is 11.1. The van der Waals surface area contributed by atoms with Gasteiger partial charge in [0.1, 0.15) is 0 Å². The van der Waals surface area contributed by atoms with E-state index in [1.165, 1.54) is 5.56 Å². The highest BCUT2D eigenvalue weighted by Gasteiger charge is 2.18. The lowest BCUT2D eigenvalue weighted by molar-refractivity contribution is -0.194. The van der Waals surface area contributed by atoms with Crippen LogP contribution in [0.25, 0.3) is 0 Å². The highest BCUT2D eigenvalue weighted by atomic mass is 32.2. The number of nitrogens with one attached hydrogen (secondary N) is 1. The Bertz CT molecular complexity index is 615. The van der Waals surface area contributed by atoms with E-state index in [-0.39, 0.29) is 5.25 Å². The van der Waals surface area contributed by atoms with Crippen molar-refractivity contribution in [2.75, 3.05) is 5.32 Å². The van der Waals surface area contributed by atoms with Crippen molar-refractivity contribution in [3.63, 3.8) is 0 Å². The molecule has 1 unspecified atom stereocenters. The smallest absolute Gasteiger partial charge is 0.191 e. The molecule has 0 aliphatic heterocycles. The molecule has 0 fully saturated rings. The van der Waals surface area contributed by atoms with Crippen molar-refractivity contribution in [3.8, 4) is 0 Å². The summed E-state index contributed by atoms with van der Waals surface area (Å²) < 4.78 is 4.72. The zero-order chi connectivity index (χ0) is 16.7. The zero-order valence-corrected chi connectivity index (χ0v) is 14.2. The van der Waals surface area contributed by atoms with Crippen molar-refractivity contribution < 1.29 is 9.32 Å². The number of aryl methyl sites for hydroxylation is 1. The summed E-state index contributed by atoms with van der Waals surface area (Å²) in [4.78, 5) is 14.0. The maximum atomic E-state index is 9.91. The number of hydrogen-bond donors (Lipinski definition) is 1. The second-order valence-corrected chi connectivity index (χ2v) is 6.43. The minimum Gasteiger partial charge on any atom is -0.356 e. The molecule has 23 heavy (non-hydrogen) atoms. The van der Waals surface area contributed by atoms with E-state index in [9.17, 15) is 4.91 Å². The van der Waals surface area contributed by atoms with Crippen LogP contribution in [0, 0.1) is 17.7 Å². The molecule has 0 aliphatic rings. The fourth-order valence-electron chi connectivity index (χ4n) is 2.18. The summed E-state index contributed by atoms with van der Waals surface area (Å²) in [6.07, 6.45) is 0. The van der Waals surface area contributed by atoms with E-state index in [1.54, 1.807) is 0 Å². The first-order valence-electron chi connectivity index (χ1n) is 7.35. The molecule has 0 saturated heterocycles. The van der Waals surface area contributed by atoms with Gasteiger partial charge in [0.05, 0.1) is 17.3 Å². The van der Waals surface area contributed by atoms with Gasteiger partial charge in [0.25, 0.3) is 0 Å². The molecular weight excluding hydrogens is 312 g/mol. The fraction of sp³-hybridized carbons (Fsp3) is 0.294. The Morgan fingerprint density at radius 1 is 1.00 bits per heavy atom. The van der Waals surface area contributed by atoms with E-state index in [1.807, 2.05) is 36.4 Å². The minimum absolute atomic E-state index is 0.0465. The van der Waals surface area contributed by atoms with Gasteiger partial charge in [0.15, 0.2) is 5.34 Å². The van der Waals surface area contributed by atoms with Gasteiger partial charge in [-0.3, -0.25) is 0 Å². The SMILES string of the molecule is Cc1ccc(Nc2ccc(C(SOON=O)C(C)C)cc2)cc1. The van der Waals surface area contributed by atoms with Gasteiger partial charge in [0.2, 0.25) is 0 Å². The van der Waals surface area contributed by atoms with E-state index < -0.39 is 0 Å². The topological polar surface area (TPSA) is 59.9 Å². The highest BCUT2D eigenvalue weighted by molar-refractivity contribution is 7.94. The third-order valence-corrected chi connectivity index (χ3v) is 4.55. The van der Waals surface area contributed by atoms with Crippen LogP contribution in [-0.2, 0) is 9.32 Å². The van der Waals surface area contributed by atoms with E-state index >= 15 is 0 Å². The van der Waals surface area contributed by atoms with E-state index in [2.05, 4.69) is 48.5 Å². The molecule has 0 aromatic heterocycles. The molecule has 0 bridgehead atoms. The summed E-state index contributed by atoms with van der Waals surface area (Å²) in [7, 11) is 0. The number of nitrogens with zero attached hydrogens (tertiary/aromatic N) is 1. The lowest BCUT2D eigenvalue weighted by Crippen LogP contribution is -2.03. The molecule has 0 spiro atoms. The summed E-state index contributed by atoms with van der Waals surface area (Å²) in [6.45, 7) is 6.22. The molecule has 6 heteroatoms. The number of benzene rings is 2. The molecule has 0 amide bonds. The molecule has 1 N–H and O–H groups in total. The number of anilines is 2. The maximum absolute atomic E-state index is 9.91. The Labute approximate surface area is 140 Å². The molecular formula is C17H20N2O3S. The first-order valence-corrected chi connectivity index (χ1v) is 8.16. The highest BCUT2D eigenvalue weighted by Crippen LogP contribution is 2.37. The van der Waals surface area contributed by atoms with Crippen molar-refractivity contribution in [2.24, 2.45) is 11.3 Å². The van der Waals surface area contributed by atoms with Gasteiger partial charge >= 0.3 is 0 Å². The monoisotopic (exact) mass is 332 g/mol. The third kappa shape index (κ3) is 5.26. The first kappa shape index (κ1) is 17.3. The fourth-order valence-corrected chi connectivity index (χ4v) is 2.82. The van der Waals surface area contributed by atoms with Gasteiger partial charge in [-0.15, -0.1) is 4.91 Å². The van der Waals surface area contributed by atoms with Crippen LogP contribution in [0.5, 0.6) is 0 Å². The summed E-state index contributed by atoms with van der Waals surface area (Å²) in [6, 6.07) is 16.3. The molecule has 0 heterocycles. The Hall–Kier alpha value is -2.05. The van der Waals surface area contributed by atoms with Gasteiger partial charge in [0, 0.05) is 11.4 Å². The van der Waals surface area contributed by atoms with Crippen molar-refractivity contribution in [2.45, 2.75) is 26.0 Å². The lowest BCUT2D eigenvalue weighted by Gasteiger charge is -2.18. The summed E-state index contributed by atoms with van der Waals surface area (Å²) in [5.74, 6) is 0.311. The Kier molecular flexibility index (Phi) is 6.43. The average molecular weight is 332 g/mol. The van der Waals surface area contributed by atoms with Crippen LogP contribution in [0.15, 0.2) is 53.9 Å². The van der Waals surface area contributed by atoms with Crippen molar-refractivity contribution in [3.05, 3.63) is 64.6 Å². The van der Waals surface area contributed by atoms with Crippen molar-refractivity contribution in [1.29, 1.82) is 0 Å². The number of rotatable bonds is 8. The molecule has 1 atom stereocenters. The lowest BCUT2D eigenvalue weighted by atomic mass is 10.0. The largest absolute Gasteiger partial charge is 0.356 e. The summed E-state index contributed by atoms with van der Waals surface area (Å²) >= 11 is 1.08. The molecule has 2 aromatic rings. The van der Waals surface area contributed by atoms with Crippen molar-refractivity contribution in [1.82, 2.24) is 0 Å². The molecule has 2 rings (SSSR count). The molecule has 0 saturated carbocycles. The normalized spacial score (nSPS) is 12.0. The third-order valence-electron chi connectivity index (χ3n) is 3.39. The van der Waals surface area contributed by atoms with E-state index in [0.29, 0.717) is 5.92 Å². The quantitative estimate of drug-likeness (QED) is 0.220. The minimum atomic E-state index is 0.0465. The molecule has 5 nitrogen and oxygen atoms in total. The van der Waals surface area contributed by atoms with Crippen LogP contribution >= 0.6 is 12.0 Å². The van der Waals surface area contributed by atoms with Crippen LogP contribution in [0.3, 0.4) is 0 Å². The molecule has 0 radical (unpaired) electrons. The van der Waals surface area contributed by atoms with Crippen LogP contribution in [0.2, 0.25) is 0 Å². The second kappa shape index (κ2) is 8.55. The van der Waals surface area contributed by atoms with Crippen LogP contribution < -0.4 is 5.32 Å². The Balaban J connectivity index is 2.04. The van der Waals surface area contributed by atoms with Crippen molar-refractivity contribution >= 4 is 23.4 Å². The van der Waals surface area contributed by atoms with Gasteiger partial charge in [-0.25, -0.2) is 0 Å². The second-order valence-electron chi connectivity index (χ2n) is 5.59. The molecule has 0 aliphatic carbocycles. The summed E-state index contributed by atoms with van der Waals surface area (Å²) in [5.41, 5.74) is 4.38. The van der Waals surface area contributed by atoms with Gasteiger partial charge in [-0.1, -0.05) is 48.0 Å². The van der Waals surface area contributed by atoms with Gasteiger partial charge < -0.3 is 5.32 Å². The molecule has 2 aromatic carbocycles.